The van der Waals surface area contributed by atoms with E-state index in [2.05, 4.69) is 11.3 Å². The summed E-state index contributed by atoms with van der Waals surface area (Å²) in [5.74, 6) is -0.0304. The third-order valence-electron chi connectivity index (χ3n) is 1.02. The first-order chi connectivity index (χ1) is 5.12. The maximum Gasteiger partial charge on any atom is 0.211 e. The average molecular weight is 179 g/mol. The molecule has 0 aliphatic heterocycles. The monoisotopic (exact) mass is 179 g/mol. The van der Waals surface area contributed by atoms with Crippen molar-refractivity contribution in [2.24, 2.45) is 0 Å². The summed E-state index contributed by atoms with van der Waals surface area (Å²) >= 11 is 0. The highest BCUT2D eigenvalue weighted by atomic mass is 32.2. The van der Waals surface area contributed by atoms with E-state index in [9.17, 15) is 8.42 Å². The molecule has 0 radical (unpaired) electrons. The molecule has 0 aromatic rings. The van der Waals surface area contributed by atoms with E-state index >= 15 is 0 Å². The molecule has 0 heterocycles. The molecule has 0 atom stereocenters. The summed E-state index contributed by atoms with van der Waals surface area (Å²) in [7, 11) is -3.19. The summed E-state index contributed by atoms with van der Waals surface area (Å²) in [5, 5.41) is 8.34. The lowest BCUT2D eigenvalue weighted by Crippen LogP contribution is -2.26. The number of hydrogen-bond acceptors (Lipinski definition) is 3. The smallest absolute Gasteiger partial charge is 0.211 e. The van der Waals surface area contributed by atoms with Gasteiger partial charge in [0.1, 0.15) is 0 Å². The Balaban J connectivity index is 3.71. The van der Waals surface area contributed by atoms with Crippen molar-refractivity contribution in [2.75, 3.05) is 18.9 Å². The fourth-order valence-corrected chi connectivity index (χ4v) is 1.54. The zero-order valence-electron chi connectivity index (χ0n) is 6.28. The van der Waals surface area contributed by atoms with E-state index in [4.69, 9.17) is 5.11 Å². The standard InChI is InChI=1S/C6H13NO3S/c1-2-4-7-11(9,10)6-3-5-8/h2,7-8H,1,3-6H2. The van der Waals surface area contributed by atoms with Crippen LogP contribution in [0.15, 0.2) is 12.7 Å². The zero-order chi connectivity index (χ0) is 8.74. The van der Waals surface area contributed by atoms with Crippen LogP contribution in [-0.4, -0.2) is 32.4 Å². The van der Waals surface area contributed by atoms with E-state index in [1.54, 1.807) is 0 Å². The SMILES string of the molecule is C=CCNS(=O)(=O)CCCO. The van der Waals surface area contributed by atoms with Crippen molar-refractivity contribution >= 4 is 10.0 Å². The fraction of sp³-hybridized carbons (Fsp3) is 0.667. The third kappa shape index (κ3) is 6.03. The van der Waals surface area contributed by atoms with E-state index in [1.165, 1.54) is 6.08 Å². The Morgan fingerprint density at radius 3 is 2.64 bits per heavy atom. The molecule has 11 heavy (non-hydrogen) atoms. The topological polar surface area (TPSA) is 66.4 Å². The minimum Gasteiger partial charge on any atom is -0.396 e. The van der Waals surface area contributed by atoms with Gasteiger partial charge in [-0.3, -0.25) is 0 Å². The Hall–Kier alpha value is -0.390. The van der Waals surface area contributed by atoms with Gasteiger partial charge in [0, 0.05) is 13.2 Å². The lowest BCUT2D eigenvalue weighted by molar-refractivity contribution is 0.295. The first-order valence-electron chi connectivity index (χ1n) is 3.31. The molecule has 0 aliphatic rings. The molecule has 0 rings (SSSR count). The van der Waals surface area contributed by atoms with Crippen LogP contribution in [-0.2, 0) is 10.0 Å². The van der Waals surface area contributed by atoms with Crippen LogP contribution in [0.25, 0.3) is 0 Å². The lowest BCUT2D eigenvalue weighted by Gasteiger charge is -2.01. The van der Waals surface area contributed by atoms with Gasteiger partial charge in [-0.15, -0.1) is 6.58 Å². The Kier molecular flexibility index (Phi) is 5.10. The van der Waals surface area contributed by atoms with E-state index in [-0.39, 0.29) is 25.3 Å². The van der Waals surface area contributed by atoms with Gasteiger partial charge in [-0.25, -0.2) is 13.1 Å². The molecule has 0 aromatic heterocycles. The van der Waals surface area contributed by atoms with Crippen LogP contribution in [0, 0.1) is 0 Å². The summed E-state index contributed by atoms with van der Waals surface area (Å²) in [4.78, 5) is 0. The second-order valence-electron chi connectivity index (χ2n) is 2.03. The minimum absolute atomic E-state index is 0.0304. The molecule has 4 nitrogen and oxygen atoms in total. The van der Waals surface area contributed by atoms with E-state index < -0.39 is 10.0 Å². The van der Waals surface area contributed by atoms with Crippen LogP contribution in [0.2, 0.25) is 0 Å². The maximum absolute atomic E-state index is 10.9. The molecular formula is C6H13NO3S. The molecule has 0 saturated heterocycles. The van der Waals surface area contributed by atoms with Gasteiger partial charge in [0.25, 0.3) is 0 Å². The van der Waals surface area contributed by atoms with E-state index in [1.807, 2.05) is 0 Å². The van der Waals surface area contributed by atoms with Crippen LogP contribution in [0.3, 0.4) is 0 Å². The number of rotatable bonds is 6. The molecular weight excluding hydrogens is 166 g/mol. The van der Waals surface area contributed by atoms with Gasteiger partial charge >= 0.3 is 0 Å². The summed E-state index contributed by atoms with van der Waals surface area (Å²) in [5.41, 5.74) is 0. The number of sulfonamides is 1. The first-order valence-corrected chi connectivity index (χ1v) is 4.96. The quantitative estimate of drug-likeness (QED) is 0.539. The molecule has 66 valence electrons. The minimum atomic E-state index is -3.19. The zero-order valence-corrected chi connectivity index (χ0v) is 7.10. The highest BCUT2D eigenvalue weighted by Crippen LogP contribution is 1.87. The summed E-state index contributed by atoms with van der Waals surface area (Å²) < 4.78 is 24.0. The molecule has 0 saturated carbocycles. The number of aliphatic hydroxyl groups is 1. The second kappa shape index (κ2) is 5.29. The van der Waals surface area contributed by atoms with Crippen molar-refractivity contribution in [1.82, 2.24) is 4.72 Å². The molecule has 0 bridgehead atoms. The molecule has 5 heteroatoms. The van der Waals surface area contributed by atoms with Crippen molar-refractivity contribution in [2.45, 2.75) is 6.42 Å². The van der Waals surface area contributed by atoms with Crippen LogP contribution in [0.4, 0.5) is 0 Å². The predicted octanol–water partition coefficient (Wildman–Crippen LogP) is -0.526. The van der Waals surface area contributed by atoms with Gasteiger partial charge in [-0.1, -0.05) is 6.08 Å². The largest absolute Gasteiger partial charge is 0.396 e. The molecule has 0 aromatic carbocycles. The summed E-state index contributed by atoms with van der Waals surface area (Å²) in [6.45, 7) is 3.51. The van der Waals surface area contributed by atoms with Crippen molar-refractivity contribution in [3.05, 3.63) is 12.7 Å². The van der Waals surface area contributed by atoms with Gasteiger partial charge in [-0.05, 0) is 6.42 Å². The van der Waals surface area contributed by atoms with Gasteiger partial charge in [0.15, 0.2) is 0 Å². The number of nitrogens with one attached hydrogen (secondary N) is 1. The maximum atomic E-state index is 10.9. The normalized spacial score (nSPS) is 11.4. The number of aliphatic hydroxyl groups excluding tert-OH is 1. The Morgan fingerprint density at radius 2 is 2.18 bits per heavy atom. The number of hydrogen-bond donors (Lipinski definition) is 2. The van der Waals surface area contributed by atoms with Crippen LogP contribution >= 0.6 is 0 Å². The highest BCUT2D eigenvalue weighted by Gasteiger charge is 2.06. The predicted molar refractivity (Wildman–Crippen MR) is 43.7 cm³/mol. The van der Waals surface area contributed by atoms with Gasteiger partial charge < -0.3 is 5.11 Å². The van der Waals surface area contributed by atoms with Crippen molar-refractivity contribution in [3.8, 4) is 0 Å². The Morgan fingerprint density at radius 1 is 1.55 bits per heavy atom. The molecule has 0 fully saturated rings. The van der Waals surface area contributed by atoms with Gasteiger partial charge in [0.2, 0.25) is 10.0 Å². The van der Waals surface area contributed by atoms with Gasteiger partial charge in [0.05, 0.1) is 5.75 Å². The van der Waals surface area contributed by atoms with Crippen molar-refractivity contribution in [3.63, 3.8) is 0 Å². The van der Waals surface area contributed by atoms with Crippen molar-refractivity contribution < 1.29 is 13.5 Å². The molecule has 0 unspecified atom stereocenters. The molecule has 0 spiro atoms. The molecule has 2 N–H and O–H groups in total. The van der Waals surface area contributed by atoms with E-state index in [0.717, 1.165) is 0 Å². The Bertz CT molecular complexity index is 198. The van der Waals surface area contributed by atoms with Crippen molar-refractivity contribution in [1.29, 1.82) is 0 Å². The van der Waals surface area contributed by atoms with Crippen LogP contribution < -0.4 is 4.72 Å². The molecule has 0 amide bonds. The summed E-state index contributed by atoms with van der Waals surface area (Å²) in [6, 6.07) is 0. The highest BCUT2D eigenvalue weighted by molar-refractivity contribution is 7.89. The van der Waals surface area contributed by atoms with Gasteiger partial charge in [-0.2, -0.15) is 0 Å². The Labute approximate surface area is 67.0 Å². The second-order valence-corrected chi connectivity index (χ2v) is 3.96. The summed E-state index contributed by atoms with van der Waals surface area (Å²) in [6.07, 6.45) is 1.74. The molecule has 0 aliphatic carbocycles. The fourth-order valence-electron chi connectivity index (χ4n) is 0.513. The lowest BCUT2D eigenvalue weighted by atomic mass is 10.5. The van der Waals surface area contributed by atoms with E-state index in [0.29, 0.717) is 0 Å². The van der Waals surface area contributed by atoms with Crippen LogP contribution in [0.1, 0.15) is 6.42 Å². The third-order valence-corrected chi connectivity index (χ3v) is 2.45. The van der Waals surface area contributed by atoms with Crippen LogP contribution in [0.5, 0.6) is 0 Å². The first kappa shape index (κ1) is 10.6. The average Bonchev–Trinajstić information content (AvgIpc) is 1.97.